The van der Waals surface area contributed by atoms with Gasteiger partial charge < -0.3 is 7.43 Å². The molecule has 4 heteroatoms. The van der Waals surface area contributed by atoms with Gasteiger partial charge in [0.1, 0.15) is 0 Å². The summed E-state index contributed by atoms with van der Waals surface area (Å²) in [7, 11) is 0. The second-order valence-electron chi connectivity index (χ2n) is 2.12. The number of pyridine rings is 1. The molecule has 1 aromatic heterocycles. The number of hydrazine groups is 1. The maximum absolute atomic E-state index is 10.7. The minimum atomic E-state index is -0.207. The Kier molecular flexibility index (Phi) is 4.64. The van der Waals surface area contributed by atoms with Gasteiger partial charge in [-0.1, -0.05) is 6.07 Å². The summed E-state index contributed by atoms with van der Waals surface area (Å²) in [4.78, 5) is 10.7. The molecule has 0 unspecified atom stereocenters. The summed E-state index contributed by atoms with van der Waals surface area (Å²) in [5.41, 5.74) is 2.05. The first-order chi connectivity index (χ1) is 5.33. The normalized spacial score (nSPS) is 8.42. The lowest BCUT2D eigenvalue weighted by molar-refractivity contribution is -0.684. The molecule has 0 aliphatic rings. The van der Waals surface area contributed by atoms with Crippen molar-refractivity contribution in [2.45, 2.75) is 6.54 Å². The average molecular weight is 167 g/mol. The molecule has 4 nitrogen and oxygen atoms in total. The van der Waals surface area contributed by atoms with Gasteiger partial charge >= 0.3 is 0 Å². The lowest BCUT2D eigenvalue weighted by atomic mass is 10.4. The van der Waals surface area contributed by atoms with Crippen LogP contribution in [0.25, 0.3) is 0 Å². The van der Waals surface area contributed by atoms with E-state index in [1.165, 1.54) is 0 Å². The van der Waals surface area contributed by atoms with E-state index in [0.717, 1.165) is 0 Å². The molecule has 0 atom stereocenters. The Labute approximate surface area is 72.0 Å². The van der Waals surface area contributed by atoms with Crippen LogP contribution in [0.4, 0.5) is 0 Å². The van der Waals surface area contributed by atoms with Crippen LogP contribution >= 0.6 is 0 Å². The summed E-state index contributed by atoms with van der Waals surface area (Å²) in [5.74, 6) is 4.70. The van der Waals surface area contributed by atoms with Crippen molar-refractivity contribution in [3.63, 3.8) is 0 Å². The number of nitrogens with one attached hydrogen (secondary N) is 1. The Hall–Kier alpha value is -1.42. The zero-order valence-corrected chi connectivity index (χ0v) is 7.03. The number of amides is 1. The van der Waals surface area contributed by atoms with E-state index in [1.807, 2.05) is 18.2 Å². The number of nitrogens with two attached hydrogens (primary N) is 1. The van der Waals surface area contributed by atoms with Gasteiger partial charge in [-0.15, -0.1) is 0 Å². The fourth-order valence-electron chi connectivity index (χ4n) is 0.751. The van der Waals surface area contributed by atoms with Gasteiger partial charge in [0.2, 0.25) is 6.54 Å². The molecular formula is C8H13N3O. The van der Waals surface area contributed by atoms with Crippen LogP contribution in [-0.4, -0.2) is 5.91 Å². The van der Waals surface area contributed by atoms with Gasteiger partial charge in [0.25, 0.3) is 5.91 Å². The molecule has 1 aromatic rings. The van der Waals surface area contributed by atoms with Crippen LogP contribution in [0.2, 0.25) is 0 Å². The number of aromatic nitrogens is 1. The zero-order chi connectivity index (χ0) is 8.10. The molecule has 0 aliphatic heterocycles. The smallest absolute Gasteiger partial charge is 0.299 e. The van der Waals surface area contributed by atoms with E-state index in [9.17, 15) is 4.79 Å². The SMILES string of the molecule is NNC(=O)C[n+]1ccccc1.[CH3-]. The molecule has 0 spiro atoms. The second kappa shape index (κ2) is 5.26. The van der Waals surface area contributed by atoms with Gasteiger partial charge in [0.05, 0.1) is 0 Å². The number of carbonyl (C=O) groups is 1. The molecule has 0 aliphatic carbocycles. The summed E-state index contributed by atoms with van der Waals surface area (Å²) >= 11 is 0. The van der Waals surface area contributed by atoms with E-state index >= 15 is 0 Å². The molecule has 1 amide bonds. The van der Waals surface area contributed by atoms with E-state index in [1.54, 1.807) is 17.0 Å². The fraction of sp³-hybridized carbons (Fsp3) is 0.125. The standard InChI is InChI=1S/C7H9N3O.CH3/c8-9-7(11)6-10-4-2-1-3-5-10;/h1-5H,6,8H2;1H3/q;-1/p+1. The number of hydrogen-bond donors (Lipinski definition) is 2. The monoisotopic (exact) mass is 167 g/mol. The largest absolute Gasteiger partial charge is 0.358 e. The van der Waals surface area contributed by atoms with Gasteiger partial charge in [-0.05, 0) is 0 Å². The van der Waals surface area contributed by atoms with Crippen molar-refractivity contribution in [2.75, 3.05) is 0 Å². The van der Waals surface area contributed by atoms with Crippen molar-refractivity contribution in [3.8, 4) is 0 Å². The van der Waals surface area contributed by atoms with Crippen molar-refractivity contribution in [1.82, 2.24) is 5.43 Å². The molecule has 1 rings (SSSR count). The summed E-state index contributed by atoms with van der Waals surface area (Å²) in [5, 5.41) is 0. The van der Waals surface area contributed by atoms with Crippen LogP contribution in [0.15, 0.2) is 30.6 Å². The molecule has 66 valence electrons. The number of rotatable bonds is 2. The van der Waals surface area contributed by atoms with Crippen molar-refractivity contribution < 1.29 is 9.36 Å². The van der Waals surface area contributed by atoms with Crippen molar-refractivity contribution in [1.29, 1.82) is 0 Å². The maximum atomic E-state index is 10.7. The molecule has 1 heterocycles. The van der Waals surface area contributed by atoms with Crippen LogP contribution in [0, 0.1) is 7.43 Å². The molecule has 0 bridgehead atoms. The predicted molar refractivity (Wildman–Crippen MR) is 45.4 cm³/mol. The quantitative estimate of drug-likeness (QED) is 0.203. The minimum Gasteiger partial charge on any atom is -0.358 e. The highest BCUT2D eigenvalue weighted by molar-refractivity contribution is 5.73. The molecule has 0 fully saturated rings. The molecule has 0 aromatic carbocycles. The van der Waals surface area contributed by atoms with Gasteiger partial charge in [-0.2, -0.15) is 4.57 Å². The van der Waals surface area contributed by atoms with E-state index in [-0.39, 0.29) is 19.9 Å². The van der Waals surface area contributed by atoms with Crippen LogP contribution in [0.1, 0.15) is 0 Å². The second-order valence-corrected chi connectivity index (χ2v) is 2.12. The molecule has 3 N–H and O–H groups in total. The van der Waals surface area contributed by atoms with Gasteiger partial charge in [-0.25, -0.2) is 5.84 Å². The first-order valence-corrected chi connectivity index (χ1v) is 3.26. The van der Waals surface area contributed by atoms with E-state index < -0.39 is 0 Å². The lowest BCUT2D eigenvalue weighted by Gasteiger charge is -1.93. The van der Waals surface area contributed by atoms with E-state index in [2.05, 4.69) is 5.43 Å². The number of nitrogens with zero attached hydrogens (tertiary/aromatic N) is 1. The number of carbonyl (C=O) groups excluding carboxylic acids is 1. The Morgan fingerprint density at radius 1 is 1.33 bits per heavy atom. The van der Waals surface area contributed by atoms with E-state index in [0.29, 0.717) is 0 Å². The summed E-state index contributed by atoms with van der Waals surface area (Å²) in [6, 6.07) is 5.59. The summed E-state index contributed by atoms with van der Waals surface area (Å²) in [6.07, 6.45) is 3.60. The minimum absolute atomic E-state index is 0. The fourth-order valence-corrected chi connectivity index (χ4v) is 0.751. The predicted octanol–water partition coefficient (Wildman–Crippen LogP) is -0.586. The van der Waals surface area contributed by atoms with Crippen LogP contribution < -0.4 is 15.8 Å². The zero-order valence-electron chi connectivity index (χ0n) is 7.03. The molecular weight excluding hydrogens is 154 g/mol. The third-order valence-corrected chi connectivity index (χ3v) is 1.26. The molecule has 0 saturated heterocycles. The van der Waals surface area contributed by atoms with Crippen LogP contribution in [-0.2, 0) is 11.3 Å². The Morgan fingerprint density at radius 2 is 1.92 bits per heavy atom. The van der Waals surface area contributed by atoms with Crippen molar-refractivity contribution in [2.24, 2.45) is 5.84 Å². The molecule has 12 heavy (non-hydrogen) atoms. The Bertz CT molecular complexity index is 235. The highest BCUT2D eigenvalue weighted by Crippen LogP contribution is 1.75. The highest BCUT2D eigenvalue weighted by Gasteiger charge is 2.04. The molecule has 0 radical (unpaired) electrons. The first-order valence-electron chi connectivity index (χ1n) is 3.26. The first kappa shape index (κ1) is 10.6. The maximum Gasteiger partial charge on any atom is 0.299 e. The third-order valence-electron chi connectivity index (χ3n) is 1.26. The van der Waals surface area contributed by atoms with Gasteiger partial charge in [-0.3, -0.25) is 10.2 Å². The highest BCUT2D eigenvalue weighted by atomic mass is 16.2. The van der Waals surface area contributed by atoms with Crippen molar-refractivity contribution in [3.05, 3.63) is 38.0 Å². The summed E-state index contributed by atoms with van der Waals surface area (Å²) in [6.45, 7) is 0.261. The topological polar surface area (TPSA) is 59.0 Å². The average Bonchev–Trinajstić information content (AvgIpc) is 2.06. The van der Waals surface area contributed by atoms with Gasteiger partial charge in [0, 0.05) is 12.1 Å². The Morgan fingerprint density at radius 3 is 2.42 bits per heavy atom. The van der Waals surface area contributed by atoms with Crippen LogP contribution in [0.3, 0.4) is 0 Å². The van der Waals surface area contributed by atoms with Crippen LogP contribution in [0.5, 0.6) is 0 Å². The van der Waals surface area contributed by atoms with E-state index in [4.69, 9.17) is 5.84 Å². The van der Waals surface area contributed by atoms with Crippen molar-refractivity contribution >= 4 is 5.91 Å². The Balaban J connectivity index is 0.00000121. The third kappa shape index (κ3) is 3.12. The molecule has 0 saturated carbocycles. The summed E-state index contributed by atoms with van der Waals surface area (Å²) < 4.78 is 1.74. The number of hydrogen-bond acceptors (Lipinski definition) is 2. The van der Waals surface area contributed by atoms with Gasteiger partial charge in [0.15, 0.2) is 12.4 Å². The lowest BCUT2D eigenvalue weighted by Crippen LogP contribution is -2.44.